The molecule has 0 bridgehead atoms. The molecule has 2 aromatic rings. The van der Waals surface area contributed by atoms with Crippen LogP contribution >= 0.6 is 0 Å². The number of likely N-dealkylation sites (tertiary alicyclic amines) is 1. The molecule has 1 aromatic carbocycles. The van der Waals surface area contributed by atoms with E-state index in [1.807, 2.05) is 13.8 Å². The van der Waals surface area contributed by atoms with E-state index in [4.69, 9.17) is 4.74 Å². The number of methoxy groups -OCH3 is 1. The van der Waals surface area contributed by atoms with Crippen molar-refractivity contribution in [3.63, 3.8) is 0 Å². The molecule has 3 atom stereocenters. The van der Waals surface area contributed by atoms with Crippen molar-refractivity contribution in [3.05, 3.63) is 41.2 Å². The van der Waals surface area contributed by atoms with E-state index in [1.54, 1.807) is 29.6 Å². The molecule has 1 saturated heterocycles. The maximum Gasteiger partial charge on any atom is 0.419 e. The summed E-state index contributed by atoms with van der Waals surface area (Å²) in [5.41, 5.74) is -0.378. The molecule has 266 valence electrons. The first-order valence-corrected chi connectivity index (χ1v) is 18.6. The number of carbonyl (C=O) groups is 1. The molecule has 2 heterocycles. The van der Waals surface area contributed by atoms with Gasteiger partial charge in [-0.15, -0.1) is 0 Å². The molecule has 1 amide bonds. The fourth-order valence-electron chi connectivity index (χ4n) is 7.72. The first-order chi connectivity index (χ1) is 22.6. The van der Waals surface area contributed by atoms with Gasteiger partial charge in [-0.1, -0.05) is 26.7 Å². The minimum Gasteiger partial charge on any atom is -0.495 e. The lowest BCUT2D eigenvalue weighted by Gasteiger charge is -2.39. The number of aryl methyl sites for hydroxylation is 1. The Bertz CT molecular complexity index is 1560. The third-order valence-electron chi connectivity index (χ3n) is 10.4. The van der Waals surface area contributed by atoms with Crippen molar-refractivity contribution in [1.82, 2.24) is 24.5 Å². The van der Waals surface area contributed by atoms with Gasteiger partial charge in [0.05, 0.1) is 29.8 Å². The number of amides is 1. The summed E-state index contributed by atoms with van der Waals surface area (Å²) in [4.78, 5) is 23.5. The molecule has 0 unspecified atom stereocenters. The monoisotopic (exact) mass is 694 g/mol. The number of piperidine rings is 1. The van der Waals surface area contributed by atoms with Gasteiger partial charge in [0, 0.05) is 30.9 Å². The Balaban J connectivity index is 1.29. The summed E-state index contributed by atoms with van der Waals surface area (Å²) in [5, 5.41) is 6.06. The lowest BCUT2D eigenvalue weighted by molar-refractivity contribution is -0.138. The van der Waals surface area contributed by atoms with Crippen LogP contribution in [-0.2, 0) is 22.6 Å². The minimum atomic E-state index is -4.63. The number of halogens is 3. The van der Waals surface area contributed by atoms with Crippen LogP contribution < -0.4 is 15.4 Å². The van der Waals surface area contributed by atoms with Crippen LogP contribution in [0.3, 0.4) is 0 Å². The Hall–Kier alpha value is -2.97. The zero-order valence-electron chi connectivity index (χ0n) is 28.6. The molecule has 2 N–H and O–H groups in total. The Kier molecular flexibility index (Phi) is 11.0. The number of hydrogen-bond donors (Lipinski definition) is 2. The molecule has 14 heteroatoms. The number of alkyl halides is 3. The van der Waals surface area contributed by atoms with Gasteiger partial charge in [-0.3, -0.25) is 4.79 Å². The highest BCUT2D eigenvalue weighted by Gasteiger charge is 2.60. The van der Waals surface area contributed by atoms with Gasteiger partial charge in [0.15, 0.2) is 0 Å². The van der Waals surface area contributed by atoms with E-state index < -0.39 is 21.8 Å². The van der Waals surface area contributed by atoms with Crippen LogP contribution in [0, 0.1) is 17.3 Å². The van der Waals surface area contributed by atoms with Crippen molar-refractivity contribution in [2.45, 2.75) is 89.9 Å². The summed E-state index contributed by atoms with van der Waals surface area (Å²) >= 11 is 0. The molecule has 2 aliphatic carbocycles. The standard InChI is InChI=1S/C34H49F3N6O4S/c1-22(2)21-48(45,46)43(4)30-8-6-7-15-33(30)19-24(33)10-12-27-26(34(35,36)37)20-38-32(40-27)41-28-11-9-23(18-29(28)47-5)31(44)39-25-13-16-42(3)17-14-25/h9,11,18,20,22,24-25,30H,6-8,10,12-17,19,21H2,1-5H3,(H,39,44)(H,38,40,41)/t24-,30-,33+/m1/s1. The van der Waals surface area contributed by atoms with Gasteiger partial charge < -0.3 is 20.3 Å². The second kappa shape index (κ2) is 14.5. The molecule has 2 saturated carbocycles. The maximum absolute atomic E-state index is 14.1. The van der Waals surface area contributed by atoms with E-state index in [1.165, 1.54) is 7.11 Å². The van der Waals surface area contributed by atoms with Gasteiger partial charge in [-0.05, 0) is 101 Å². The predicted molar refractivity (Wildman–Crippen MR) is 179 cm³/mol. The molecular formula is C34H49F3N6O4S. The molecule has 1 spiro atoms. The average molecular weight is 695 g/mol. The number of hydrogen-bond acceptors (Lipinski definition) is 8. The van der Waals surface area contributed by atoms with E-state index in [0.717, 1.165) is 64.2 Å². The molecule has 10 nitrogen and oxygen atoms in total. The van der Waals surface area contributed by atoms with Gasteiger partial charge >= 0.3 is 6.18 Å². The molecule has 0 radical (unpaired) electrons. The van der Waals surface area contributed by atoms with Crippen molar-refractivity contribution in [2.75, 3.05) is 45.4 Å². The lowest BCUT2D eigenvalue weighted by atomic mass is 9.79. The van der Waals surface area contributed by atoms with Crippen LogP contribution in [-0.4, -0.2) is 85.6 Å². The number of benzene rings is 1. The van der Waals surface area contributed by atoms with Crippen LogP contribution in [0.5, 0.6) is 5.75 Å². The number of carbonyl (C=O) groups excluding carboxylic acids is 1. The third kappa shape index (κ3) is 8.24. The fraction of sp³-hybridized carbons (Fsp3) is 0.676. The van der Waals surface area contributed by atoms with Gasteiger partial charge in [-0.25, -0.2) is 22.7 Å². The molecule has 48 heavy (non-hydrogen) atoms. The number of nitrogens with zero attached hydrogens (tertiary/aromatic N) is 4. The molecule has 3 aliphatic rings. The van der Waals surface area contributed by atoms with Gasteiger partial charge in [0.2, 0.25) is 16.0 Å². The summed E-state index contributed by atoms with van der Waals surface area (Å²) in [5.74, 6) is 0.284. The summed E-state index contributed by atoms with van der Waals surface area (Å²) in [6.07, 6.45) is 2.82. The Morgan fingerprint density at radius 3 is 2.58 bits per heavy atom. The van der Waals surface area contributed by atoms with Gasteiger partial charge in [0.1, 0.15) is 5.75 Å². The third-order valence-corrected chi connectivity index (χ3v) is 12.6. The van der Waals surface area contributed by atoms with Crippen molar-refractivity contribution < 1.29 is 31.1 Å². The van der Waals surface area contributed by atoms with E-state index in [0.29, 0.717) is 23.4 Å². The summed E-state index contributed by atoms with van der Waals surface area (Å²) in [7, 11) is 1.73. The van der Waals surface area contributed by atoms with Crippen LogP contribution in [0.15, 0.2) is 24.4 Å². The predicted octanol–water partition coefficient (Wildman–Crippen LogP) is 5.87. The highest BCUT2D eigenvalue weighted by atomic mass is 32.2. The van der Waals surface area contributed by atoms with E-state index in [2.05, 4.69) is 32.5 Å². The van der Waals surface area contributed by atoms with Crippen molar-refractivity contribution >= 4 is 27.6 Å². The lowest BCUT2D eigenvalue weighted by Crippen LogP contribution is -2.46. The van der Waals surface area contributed by atoms with Crippen LogP contribution in [0.25, 0.3) is 0 Å². The zero-order valence-corrected chi connectivity index (χ0v) is 29.4. The van der Waals surface area contributed by atoms with E-state index >= 15 is 0 Å². The second-order valence-electron chi connectivity index (χ2n) is 14.3. The van der Waals surface area contributed by atoms with Crippen molar-refractivity contribution in [2.24, 2.45) is 17.3 Å². The number of aromatic nitrogens is 2. The first kappa shape index (κ1) is 36.3. The topological polar surface area (TPSA) is 117 Å². The number of sulfonamides is 1. The van der Waals surface area contributed by atoms with E-state index in [-0.39, 0.29) is 59.1 Å². The quantitative estimate of drug-likeness (QED) is 0.284. The highest BCUT2D eigenvalue weighted by Crippen LogP contribution is 2.64. The second-order valence-corrected chi connectivity index (χ2v) is 16.3. The SMILES string of the molecule is COc1cc(C(=O)NC2CCN(C)CC2)ccc1Nc1ncc(C(F)(F)F)c(CC[C@@H]2C[C@@]23CCCC[C@H]3N(C)S(=O)(=O)CC(C)C)n1. The van der Waals surface area contributed by atoms with E-state index in [9.17, 15) is 26.4 Å². The Labute approximate surface area is 282 Å². The first-order valence-electron chi connectivity index (χ1n) is 17.0. The number of anilines is 2. The van der Waals surface area contributed by atoms with Gasteiger partial charge in [-0.2, -0.15) is 13.2 Å². The normalized spacial score (nSPS) is 23.9. The Morgan fingerprint density at radius 2 is 1.92 bits per heavy atom. The van der Waals surface area contributed by atoms with Crippen LogP contribution in [0.2, 0.25) is 0 Å². The fourth-order valence-corrected chi connectivity index (χ4v) is 9.50. The number of rotatable bonds is 12. The molecular weight excluding hydrogens is 645 g/mol. The largest absolute Gasteiger partial charge is 0.495 e. The average Bonchev–Trinajstić information content (AvgIpc) is 3.71. The summed E-state index contributed by atoms with van der Waals surface area (Å²) in [6.45, 7) is 5.59. The summed E-state index contributed by atoms with van der Waals surface area (Å²) < 4.78 is 75.6. The van der Waals surface area contributed by atoms with Crippen molar-refractivity contribution in [3.8, 4) is 5.75 Å². The van der Waals surface area contributed by atoms with Crippen molar-refractivity contribution in [1.29, 1.82) is 0 Å². The highest BCUT2D eigenvalue weighted by molar-refractivity contribution is 7.89. The minimum absolute atomic E-state index is 0.000255. The molecule has 1 aromatic heterocycles. The molecule has 1 aliphatic heterocycles. The van der Waals surface area contributed by atoms with Crippen LogP contribution in [0.4, 0.5) is 24.8 Å². The Morgan fingerprint density at radius 1 is 1.19 bits per heavy atom. The summed E-state index contributed by atoms with van der Waals surface area (Å²) in [6, 6.07) is 4.79. The number of nitrogens with one attached hydrogen (secondary N) is 2. The molecule has 3 fully saturated rings. The zero-order chi connectivity index (χ0) is 34.9. The maximum atomic E-state index is 14.1. The molecule has 5 rings (SSSR count). The van der Waals surface area contributed by atoms with Crippen LogP contribution in [0.1, 0.15) is 86.8 Å². The smallest absolute Gasteiger partial charge is 0.419 e. The van der Waals surface area contributed by atoms with Gasteiger partial charge in [0.25, 0.3) is 5.91 Å². The number of ether oxygens (including phenoxy) is 1.